The van der Waals surface area contributed by atoms with Crippen LogP contribution in [0.2, 0.25) is 10.0 Å². The lowest BCUT2D eigenvalue weighted by molar-refractivity contribution is -0.0395. The fraction of sp³-hybridized carbons (Fsp3) is 0.333. The maximum atomic E-state index is 13.6. The quantitative estimate of drug-likeness (QED) is 0.465. The van der Waals surface area contributed by atoms with Crippen molar-refractivity contribution in [3.63, 3.8) is 0 Å². The summed E-state index contributed by atoms with van der Waals surface area (Å²) in [5.41, 5.74) is 3.66. The highest BCUT2D eigenvalue weighted by molar-refractivity contribution is 6.43. The highest BCUT2D eigenvalue weighted by Crippen LogP contribution is 2.40. The molecule has 2 aromatic carbocycles. The fourth-order valence-corrected chi connectivity index (χ4v) is 6.09. The molecule has 1 aromatic heterocycles. The van der Waals surface area contributed by atoms with Crippen LogP contribution in [0.1, 0.15) is 34.3 Å². The number of ether oxygens (including phenoxy) is 1. The smallest absolute Gasteiger partial charge is 0.270 e. The van der Waals surface area contributed by atoms with E-state index in [0.29, 0.717) is 52.1 Å². The molecule has 38 heavy (non-hydrogen) atoms. The molecule has 1 saturated heterocycles. The van der Waals surface area contributed by atoms with Crippen LogP contribution in [0, 0.1) is 6.92 Å². The van der Waals surface area contributed by atoms with Crippen LogP contribution in [0.25, 0.3) is 0 Å². The van der Waals surface area contributed by atoms with E-state index < -0.39 is 0 Å². The number of hydrogen-bond acceptors (Lipinski definition) is 8. The molecule has 2 N–H and O–H groups in total. The van der Waals surface area contributed by atoms with Gasteiger partial charge in [0.05, 0.1) is 27.9 Å². The third kappa shape index (κ3) is 4.10. The average Bonchev–Trinajstić information content (AvgIpc) is 3.41. The summed E-state index contributed by atoms with van der Waals surface area (Å²) < 4.78 is 6.02. The van der Waals surface area contributed by atoms with Crippen molar-refractivity contribution in [2.45, 2.75) is 25.4 Å². The lowest BCUT2D eigenvalue weighted by atomic mass is 9.82. The molecule has 9 nitrogen and oxygen atoms in total. The van der Waals surface area contributed by atoms with E-state index in [1.165, 1.54) is 16.7 Å². The largest absolute Gasteiger partial charge is 0.373 e. The molecule has 3 aliphatic heterocycles. The molecule has 196 valence electrons. The van der Waals surface area contributed by atoms with Gasteiger partial charge in [0.15, 0.2) is 5.82 Å². The van der Waals surface area contributed by atoms with Crippen molar-refractivity contribution < 1.29 is 9.53 Å². The number of hydrogen-bond donors (Lipinski definition) is 2. The minimum atomic E-state index is -0.328. The zero-order valence-electron chi connectivity index (χ0n) is 21.1. The monoisotopic (exact) mass is 551 g/mol. The van der Waals surface area contributed by atoms with Gasteiger partial charge in [-0.05, 0) is 68.2 Å². The zero-order chi connectivity index (χ0) is 26.4. The number of rotatable bonds is 5. The van der Waals surface area contributed by atoms with Gasteiger partial charge >= 0.3 is 0 Å². The second kappa shape index (κ2) is 9.81. The molecule has 0 bridgehead atoms. The molecule has 0 unspecified atom stereocenters. The Labute approximate surface area is 230 Å². The van der Waals surface area contributed by atoms with Crippen LogP contribution in [-0.4, -0.2) is 55.1 Å². The van der Waals surface area contributed by atoms with Crippen molar-refractivity contribution in [3.05, 3.63) is 69.3 Å². The first-order valence-corrected chi connectivity index (χ1v) is 13.3. The molecule has 3 aliphatic rings. The van der Waals surface area contributed by atoms with Crippen molar-refractivity contribution in [3.8, 4) is 0 Å². The number of anilines is 4. The maximum Gasteiger partial charge on any atom is 0.270 e. The van der Waals surface area contributed by atoms with Crippen LogP contribution < -0.4 is 20.4 Å². The summed E-state index contributed by atoms with van der Waals surface area (Å²) in [6.45, 7) is 5.04. The van der Waals surface area contributed by atoms with Crippen molar-refractivity contribution >= 4 is 58.2 Å². The van der Waals surface area contributed by atoms with E-state index in [1.54, 1.807) is 25.3 Å². The molecule has 0 spiro atoms. The summed E-state index contributed by atoms with van der Waals surface area (Å²) in [5.74, 6) is 1.02. The molecule has 0 aliphatic carbocycles. The minimum Gasteiger partial charge on any atom is -0.373 e. The fourth-order valence-electron chi connectivity index (χ4n) is 5.53. The number of amides is 1. The third-order valence-corrected chi connectivity index (χ3v) is 8.02. The van der Waals surface area contributed by atoms with E-state index in [-0.39, 0.29) is 11.5 Å². The Morgan fingerprint density at radius 3 is 2.61 bits per heavy atom. The van der Waals surface area contributed by atoms with Gasteiger partial charge in [-0.15, -0.1) is 0 Å². The van der Waals surface area contributed by atoms with E-state index >= 15 is 0 Å². The first kappa shape index (κ1) is 25.1. The van der Waals surface area contributed by atoms with Crippen LogP contribution in [0.4, 0.5) is 23.1 Å². The van der Waals surface area contributed by atoms with Crippen LogP contribution in [-0.2, 0) is 10.3 Å². The van der Waals surface area contributed by atoms with Crippen LogP contribution in [0.15, 0.2) is 47.6 Å². The lowest BCUT2D eigenvalue weighted by Gasteiger charge is -2.38. The number of halogens is 2. The number of carbonyl (C=O) groups is 1. The molecular formula is C27H27Cl2N7O2. The predicted octanol–water partition coefficient (Wildman–Crippen LogP) is 4.90. The van der Waals surface area contributed by atoms with Crippen molar-refractivity contribution in [2.75, 3.05) is 48.4 Å². The number of benzene rings is 2. The van der Waals surface area contributed by atoms with Gasteiger partial charge < -0.3 is 15.4 Å². The first-order chi connectivity index (χ1) is 18.4. The number of aryl methyl sites for hydroxylation is 1. The molecule has 1 fully saturated rings. The average molecular weight is 552 g/mol. The number of para-hydroxylation sites is 1. The minimum absolute atomic E-state index is 0.279. The van der Waals surface area contributed by atoms with Crippen molar-refractivity contribution in [1.29, 1.82) is 0 Å². The van der Waals surface area contributed by atoms with Crippen molar-refractivity contribution in [2.24, 2.45) is 4.99 Å². The van der Waals surface area contributed by atoms with E-state index in [0.717, 1.165) is 37.2 Å². The highest BCUT2D eigenvalue weighted by Gasteiger charge is 2.41. The second-order valence-electron chi connectivity index (χ2n) is 9.58. The van der Waals surface area contributed by atoms with Gasteiger partial charge in [0.2, 0.25) is 11.9 Å². The van der Waals surface area contributed by atoms with E-state index in [1.807, 2.05) is 11.0 Å². The molecule has 4 heterocycles. The summed E-state index contributed by atoms with van der Waals surface area (Å²) in [6.07, 6.45) is 3.39. The number of piperidine rings is 1. The standard InChI is InChI=1S/C27H27Cl2N7O2/c1-16-14-17(6-7-19(16)27(38-2)8-10-30-11-9-27)33-25-32-15-18-23(34-25)35-13-12-31-26(35)36(24(18)37)22-20(28)4-3-5-21(22)29/h3-7,14-15,30H,8-13H2,1-2H3,(H,32,33,34). The Bertz CT molecular complexity index is 1440. The lowest BCUT2D eigenvalue weighted by Crippen LogP contribution is -2.51. The summed E-state index contributed by atoms with van der Waals surface area (Å²) >= 11 is 12.9. The summed E-state index contributed by atoms with van der Waals surface area (Å²) in [6, 6.07) is 11.3. The maximum absolute atomic E-state index is 13.6. The van der Waals surface area contributed by atoms with Crippen LogP contribution in [0.3, 0.4) is 0 Å². The third-order valence-electron chi connectivity index (χ3n) is 7.41. The van der Waals surface area contributed by atoms with E-state index in [2.05, 4.69) is 39.7 Å². The van der Waals surface area contributed by atoms with E-state index in [9.17, 15) is 4.79 Å². The number of methoxy groups -OCH3 is 1. The molecule has 0 saturated carbocycles. The number of nitrogens with zero attached hydrogens (tertiary/aromatic N) is 5. The Kier molecular flexibility index (Phi) is 6.47. The number of aromatic nitrogens is 2. The summed E-state index contributed by atoms with van der Waals surface area (Å²) in [7, 11) is 1.79. The van der Waals surface area contributed by atoms with Gasteiger partial charge in [0.25, 0.3) is 5.91 Å². The Hall–Kier alpha value is -3.24. The highest BCUT2D eigenvalue weighted by atomic mass is 35.5. The van der Waals surface area contributed by atoms with Crippen LogP contribution in [0.5, 0.6) is 0 Å². The van der Waals surface area contributed by atoms with Gasteiger partial charge in [-0.3, -0.25) is 14.7 Å². The number of carbonyl (C=O) groups excluding carboxylic acids is 1. The topological polar surface area (TPSA) is 95.0 Å². The van der Waals surface area contributed by atoms with Gasteiger partial charge in [-0.2, -0.15) is 4.98 Å². The molecule has 0 atom stereocenters. The molecule has 1 amide bonds. The predicted molar refractivity (Wildman–Crippen MR) is 150 cm³/mol. The Morgan fingerprint density at radius 1 is 1.13 bits per heavy atom. The summed E-state index contributed by atoms with van der Waals surface area (Å²) in [4.78, 5) is 30.7. The SMILES string of the molecule is COC1(c2ccc(Nc3ncc4c(n3)N3CCN=C3N(c3c(Cl)cccc3Cl)C4=O)cc2C)CCNCC1. The normalized spacial score (nSPS) is 18.2. The molecular weight excluding hydrogens is 525 g/mol. The van der Waals surface area contributed by atoms with Crippen molar-refractivity contribution in [1.82, 2.24) is 15.3 Å². The molecule has 11 heteroatoms. The van der Waals surface area contributed by atoms with E-state index in [4.69, 9.17) is 32.9 Å². The first-order valence-electron chi connectivity index (χ1n) is 12.5. The van der Waals surface area contributed by atoms with Crippen LogP contribution >= 0.6 is 23.2 Å². The number of nitrogens with one attached hydrogen (secondary N) is 2. The van der Waals surface area contributed by atoms with Gasteiger partial charge in [0.1, 0.15) is 5.56 Å². The molecule has 0 radical (unpaired) electrons. The second-order valence-corrected chi connectivity index (χ2v) is 10.4. The molecule has 3 aromatic rings. The van der Waals surface area contributed by atoms with Gasteiger partial charge in [-0.1, -0.05) is 35.3 Å². The Balaban J connectivity index is 1.31. The Morgan fingerprint density at radius 2 is 1.89 bits per heavy atom. The molecule has 6 rings (SSSR count). The van der Waals surface area contributed by atoms with Gasteiger partial charge in [-0.25, -0.2) is 9.88 Å². The number of guanidine groups is 1. The summed E-state index contributed by atoms with van der Waals surface area (Å²) in [5, 5.41) is 7.43. The van der Waals surface area contributed by atoms with Gasteiger partial charge in [0, 0.05) is 25.5 Å². The number of aliphatic imine (C=N–C) groups is 1. The number of fused-ring (bicyclic) bond motifs is 3. The zero-order valence-corrected chi connectivity index (χ0v) is 22.6.